The minimum atomic E-state index is -2.32. The molecule has 2 fully saturated rings. The topological polar surface area (TPSA) is 124 Å². The van der Waals surface area contributed by atoms with E-state index in [1.807, 2.05) is 6.92 Å². The van der Waals surface area contributed by atoms with E-state index in [4.69, 9.17) is 25.8 Å². The standard InChI is InChI=1S/C20H31ClN5O5P/c1-3-20(12-29-2,32(27)28)30-11-14-8-9-16(31-14)26-18-15(10-22-26)17(24-19(21)25-18)23-13-6-4-5-7-13/h10,13-14,16,27-28H,3-9,11-12H2,1-2H3,(H,23,24,25). The Kier molecular flexibility index (Phi) is 7.82. The van der Waals surface area contributed by atoms with Crippen LogP contribution in [-0.4, -0.2) is 67.3 Å². The van der Waals surface area contributed by atoms with Crippen molar-refractivity contribution >= 4 is 36.8 Å². The SMILES string of the molecule is CCC(COC)(OCC1CCC(n2ncc3c(NC4CCCC4)nc(Cl)nc32)O1)P(O)O. The second-order valence-electron chi connectivity index (χ2n) is 8.42. The van der Waals surface area contributed by atoms with Gasteiger partial charge in [-0.1, -0.05) is 19.8 Å². The van der Waals surface area contributed by atoms with Gasteiger partial charge in [0.1, 0.15) is 5.82 Å². The molecular formula is C20H31ClN5O5P. The summed E-state index contributed by atoms with van der Waals surface area (Å²) in [4.78, 5) is 28.5. The van der Waals surface area contributed by atoms with Crippen LogP contribution >= 0.6 is 20.0 Å². The predicted octanol–water partition coefficient (Wildman–Crippen LogP) is 3.58. The first-order valence-corrected chi connectivity index (χ1v) is 12.7. The van der Waals surface area contributed by atoms with Gasteiger partial charge in [-0.25, -0.2) is 4.68 Å². The molecule has 0 aromatic carbocycles. The number of rotatable bonds is 10. The molecule has 1 aliphatic carbocycles. The van der Waals surface area contributed by atoms with Crippen LogP contribution in [0, 0.1) is 0 Å². The third-order valence-electron chi connectivity index (χ3n) is 6.31. The van der Waals surface area contributed by atoms with Gasteiger partial charge in [-0.05, 0) is 43.7 Å². The summed E-state index contributed by atoms with van der Waals surface area (Å²) >= 11 is 6.23. The van der Waals surface area contributed by atoms with Crippen molar-refractivity contribution in [3.63, 3.8) is 0 Å². The number of anilines is 1. The first-order valence-electron chi connectivity index (χ1n) is 11.1. The molecule has 32 heavy (non-hydrogen) atoms. The molecule has 0 radical (unpaired) electrons. The average molecular weight is 488 g/mol. The molecule has 12 heteroatoms. The highest BCUT2D eigenvalue weighted by molar-refractivity contribution is 7.46. The van der Waals surface area contributed by atoms with Crippen molar-refractivity contribution in [2.24, 2.45) is 0 Å². The summed E-state index contributed by atoms with van der Waals surface area (Å²) < 4.78 is 19.0. The van der Waals surface area contributed by atoms with E-state index < -0.39 is 13.7 Å². The van der Waals surface area contributed by atoms with Gasteiger partial charge in [0.25, 0.3) is 0 Å². The van der Waals surface area contributed by atoms with Crippen molar-refractivity contribution in [1.82, 2.24) is 19.7 Å². The zero-order chi connectivity index (χ0) is 22.7. The van der Waals surface area contributed by atoms with Gasteiger partial charge in [0.05, 0.1) is 30.9 Å². The normalized spacial score (nSPS) is 23.9. The number of aromatic nitrogens is 4. The number of halogens is 1. The monoisotopic (exact) mass is 487 g/mol. The Bertz CT molecular complexity index is 912. The molecule has 3 unspecified atom stereocenters. The van der Waals surface area contributed by atoms with E-state index >= 15 is 0 Å². The molecule has 1 saturated carbocycles. The molecule has 10 nitrogen and oxygen atoms in total. The number of nitrogens with one attached hydrogen (secondary N) is 1. The molecule has 0 bridgehead atoms. The Morgan fingerprint density at radius 2 is 2.06 bits per heavy atom. The quantitative estimate of drug-likeness (QED) is 0.340. The highest BCUT2D eigenvalue weighted by atomic mass is 35.5. The van der Waals surface area contributed by atoms with Crippen molar-refractivity contribution < 1.29 is 24.0 Å². The van der Waals surface area contributed by atoms with Crippen LogP contribution in [0.1, 0.15) is 58.1 Å². The fraction of sp³-hybridized carbons (Fsp3) is 0.750. The third-order valence-corrected chi connectivity index (χ3v) is 7.78. The lowest BCUT2D eigenvalue weighted by atomic mass is 10.2. The summed E-state index contributed by atoms with van der Waals surface area (Å²) in [6, 6.07) is 0.395. The minimum Gasteiger partial charge on any atom is -0.381 e. The maximum atomic E-state index is 9.87. The molecule has 1 saturated heterocycles. The Hall–Kier alpha value is -1.13. The molecule has 3 atom stereocenters. The molecule has 2 aromatic heterocycles. The fourth-order valence-electron chi connectivity index (χ4n) is 4.45. The van der Waals surface area contributed by atoms with Crippen LogP contribution in [0.3, 0.4) is 0 Å². The first-order chi connectivity index (χ1) is 15.5. The molecule has 3 heterocycles. The number of hydrogen-bond acceptors (Lipinski definition) is 9. The van der Waals surface area contributed by atoms with E-state index in [0.717, 1.165) is 31.1 Å². The zero-order valence-corrected chi connectivity index (χ0v) is 20.1. The van der Waals surface area contributed by atoms with Crippen LogP contribution in [0.15, 0.2) is 6.20 Å². The maximum Gasteiger partial charge on any atom is 0.226 e. The van der Waals surface area contributed by atoms with E-state index in [1.165, 1.54) is 20.0 Å². The predicted molar refractivity (Wildman–Crippen MR) is 122 cm³/mol. The summed E-state index contributed by atoms with van der Waals surface area (Å²) in [6.45, 7) is 2.18. The second kappa shape index (κ2) is 10.4. The molecule has 0 spiro atoms. The van der Waals surface area contributed by atoms with Gasteiger partial charge >= 0.3 is 0 Å². The van der Waals surface area contributed by atoms with E-state index in [-0.39, 0.29) is 30.8 Å². The molecule has 4 rings (SSSR count). The van der Waals surface area contributed by atoms with E-state index in [2.05, 4.69) is 20.4 Å². The zero-order valence-electron chi connectivity index (χ0n) is 18.4. The van der Waals surface area contributed by atoms with Gasteiger partial charge in [0.15, 0.2) is 17.2 Å². The summed E-state index contributed by atoms with van der Waals surface area (Å²) in [5.74, 6) is 0.711. The van der Waals surface area contributed by atoms with Gasteiger partial charge in [0.2, 0.25) is 13.7 Å². The van der Waals surface area contributed by atoms with Crippen LogP contribution in [0.5, 0.6) is 0 Å². The Morgan fingerprint density at radius 3 is 2.75 bits per heavy atom. The third kappa shape index (κ3) is 5.01. The molecule has 178 valence electrons. The van der Waals surface area contributed by atoms with Crippen molar-refractivity contribution in [2.45, 2.75) is 75.6 Å². The Morgan fingerprint density at radius 1 is 1.28 bits per heavy atom. The summed E-state index contributed by atoms with van der Waals surface area (Å²) in [5, 5.41) is 7.89. The Labute approximate surface area is 193 Å². The summed E-state index contributed by atoms with van der Waals surface area (Å²) in [5.41, 5.74) is 0.633. The van der Waals surface area contributed by atoms with E-state index in [1.54, 1.807) is 10.9 Å². The maximum absolute atomic E-state index is 9.87. The molecular weight excluding hydrogens is 457 g/mol. The Balaban J connectivity index is 1.46. The number of ether oxygens (including phenoxy) is 3. The van der Waals surface area contributed by atoms with Crippen molar-refractivity contribution in [1.29, 1.82) is 0 Å². The van der Waals surface area contributed by atoms with Crippen LogP contribution in [0.2, 0.25) is 5.28 Å². The summed E-state index contributed by atoms with van der Waals surface area (Å²) in [6.07, 6.45) is 7.82. The lowest BCUT2D eigenvalue weighted by molar-refractivity contribution is -0.0967. The fourth-order valence-corrected chi connectivity index (χ4v) is 5.33. The van der Waals surface area contributed by atoms with E-state index in [9.17, 15) is 9.79 Å². The minimum absolute atomic E-state index is 0.105. The van der Waals surface area contributed by atoms with Gasteiger partial charge in [-0.3, -0.25) is 0 Å². The second-order valence-corrected chi connectivity index (χ2v) is 10.1. The van der Waals surface area contributed by atoms with Crippen molar-refractivity contribution in [3.05, 3.63) is 11.5 Å². The molecule has 1 aliphatic heterocycles. The van der Waals surface area contributed by atoms with Crippen LogP contribution in [0.4, 0.5) is 5.82 Å². The van der Waals surface area contributed by atoms with Gasteiger partial charge in [-0.2, -0.15) is 15.1 Å². The lowest BCUT2D eigenvalue weighted by Gasteiger charge is -2.33. The van der Waals surface area contributed by atoms with Crippen LogP contribution < -0.4 is 5.32 Å². The van der Waals surface area contributed by atoms with Crippen LogP contribution in [0.25, 0.3) is 11.0 Å². The van der Waals surface area contributed by atoms with Crippen molar-refractivity contribution in [2.75, 3.05) is 25.6 Å². The van der Waals surface area contributed by atoms with Crippen molar-refractivity contribution in [3.8, 4) is 0 Å². The average Bonchev–Trinajstić information content (AvgIpc) is 3.51. The largest absolute Gasteiger partial charge is 0.381 e. The van der Waals surface area contributed by atoms with Gasteiger partial charge < -0.3 is 29.3 Å². The lowest BCUT2D eigenvalue weighted by Crippen LogP contribution is -2.37. The smallest absolute Gasteiger partial charge is 0.226 e. The molecule has 0 amide bonds. The highest BCUT2D eigenvalue weighted by Gasteiger charge is 2.40. The van der Waals surface area contributed by atoms with Gasteiger partial charge in [-0.15, -0.1) is 0 Å². The number of methoxy groups -OCH3 is 1. The molecule has 2 aromatic rings. The summed E-state index contributed by atoms with van der Waals surface area (Å²) in [7, 11) is -0.803. The number of hydrogen-bond donors (Lipinski definition) is 3. The molecule has 2 aliphatic rings. The number of fused-ring (bicyclic) bond motifs is 1. The molecule has 3 N–H and O–H groups in total. The highest BCUT2D eigenvalue weighted by Crippen LogP contribution is 2.46. The van der Waals surface area contributed by atoms with E-state index in [0.29, 0.717) is 23.9 Å². The van der Waals surface area contributed by atoms with Gasteiger partial charge in [0, 0.05) is 13.2 Å². The van der Waals surface area contributed by atoms with Crippen LogP contribution in [-0.2, 0) is 14.2 Å². The first kappa shape index (κ1) is 24.0. The number of nitrogens with zero attached hydrogens (tertiary/aromatic N) is 4.